The molecule has 1 N–H and O–H groups in total. The average molecular weight is 229 g/mol. The smallest absolute Gasteiger partial charge is 0.0623 e. The van der Waals surface area contributed by atoms with Crippen molar-refractivity contribution in [3.63, 3.8) is 0 Å². The number of nitrogens with one attached hydrogen (secondary N) is 1. The lowest BCUT2D eigenvalue weighted by Gasteiger charge is -2.23. The molecular weight excluding hydrogens is 202 g/mol. The molecule has 0 bridgehead atoms. The largest absolute Gasteiger partial charge is 0.380 e. The second-order valence-corrected chi connectivity index (χ2v) is 4.78. The molecule has 0 radical (unpaired) electrons. The molecule has 0 aromatic rings. The third-order valence-electron chi connectivity index (χ3n) is 3.10. The summed E-state index contributed by atoms with van der Waals surface area (Å²) in [5, 5.41) is 3.59. The lowest BCUT2D eigenvalue weighted by molar-refractivity contribution is 0.0823. The Balaban J connectivity index is 2.30. The van der Waals surface area contributed by atoms with Crippen molar-refractivity contribution < 1.29 is 9.47 Å². The summed E-state index contributed by atoms with van der Waals surface area (Å²) < 4.78 is 11.3. The summed E-state index contributed by atoms with van der Waals surface area (Å²) in [6, 6.07) is 0.469. The number of ether oxygens (including phenoxy) is 2. The van der Waals surface area contributed by atoms with Gasteiger partial charge in [0.1, 0.15) is 0 Å². The van der Waals surface area contributed by atoms with Crippen LogP contribution in [0.5, 0.6) is 0 Å². The Morgan fingerprint density at radius 3 is 2.75 bits per heavy atom. The summed E-state index contributed by atoms with van der Waals surface area (Å²) in [5.41, 5.74) is 0. The van der Waals surface area contributed by atoms with Gasteiger partial charge in [0.05, 0.1) is 19.3 Å². The summed E-state index contributed by atoms with van der Waals surface area (Å²) in [4.78, 5) is 0. The molecule has 3 unspecified atom stereocenters. The Hall–Kier alpha value is -0.120. The molecule has 1 aliphatic rings. The van der Waals surface area contributed by atoms with Crippen LogP contribution in [0.1, 0.15) is 40.0 Å². The van der Waals surface area contributed by atoms with Gasteiger partial charge in [-0.05, 0) is 32.7 Å². The minimum atomic E-state index is 0.419. The standard InChI is InChI=1S/C13H27NO2/c1-4-6-14-13(10-15-7-5-2)12-8-11(3)16-9-12/h11-14H,4-10H2,1-3H3. The van der Waals surface area contributed by atoms with Crippen molar-refractivity contribution in [2.75, 3.05) is 26.4 Å². The maximum absolute atomic E-state index is 5.67. The highest BCUT2D eigenvalue weighted by Crippen LogP contribution is 2.22. The Morgan fingerprint density at radius 2 is 2.19 bits per heavy atom. The van der Waals surface area contributed by atoms with E-state index in [1.54, 1.807) is 0 Å². The van der Waals surface area contributed by atoms with Gasteiger partial charge in [0.15, 0.2) is 0 Å². The second-order valence-electron chi connectivity index (χ2n) is 4.78. The van der Waals surface area contributed by atoms with Gasteiger partial charge in [-0.2, -0.15) is 0 Å². The Labute approximate surface area is 99.9 Å². The van der Waals surface area contributed by atoms with Gasteiger partial charge in [0.25, 0.3) is 0 Å². The minimum Gasteiger partial charge on any atom is -0.380 e. The molecule has 0 saturated carbocycles. The first-order valence-electron chi connectivity index (χ1n) is 6.70. The number of rotatable bonds is 8. The summed E-state index contributed by atoms with van der Waals surface area (Å²) in [5.74, 6) is 0.624. The van der Waals surface area contributed by atoms with Gasteiger partial charge in [0, 0.05) is 18.6 Å². The van der Waals surface area contributed by atoms with Crippen LogP contribution in [0.25, 0.3) is 0 Å². The van der Waals surface area contributed by atoms with E-state index >= 15 is 0 Å². The van der Waals surface area contributed by atoms with Crippen molar-refractivity contribution in [2.45, 2.75) is 52.2 Å². The quantitative estimate of drug-likeness (QED) is 0.647. The predicted molar refractivity (Wildman–Crippen MR) is 66.7 cm³/mol. The van der Waals surface area contributed by atoms with Crippen LogP contribution in [0.2, 0.25) is 0 Å². The van der Waals surface area contributed by atoms with E-state index in [2.05, 4.69) is 26.1 Å². The zero-order chi connectivity index (χ0) is 11.8. The van der Waals surface area contributed by atoms with E-state index in [1.807, 2.05) is 0 Å². The van der Waals surface area contributed by atoms with Crippen LogP contribution in [0, 0.1) is 5.92 Å². The maximum Gasteiger partial charge on any atom is 0.0623 e. The van der Waals surface area contributed by atoms with Crippen molar-refractivity contribution in [3.8, 4) is 0 Å². The zero-order valence-corrected chi connectivity index (χ0v) is 11.0. The molecule has 1 rings (SSSR count). The molecule has 16 heavy (non-hydrogen) atoms. The molecular formula is C13H27NO2. The zero-order valence-electron chi connectivity index (χ0n) is 11.0. The monoisotopic (exact) mass is 229 g/mol. The molecule has 3 heteroatoms. The van der Waals surface area contributed by atoms with Gasteiger partial charge in [-0.3, -0.25) is 0 Å². The Bertz CT molecular complexity index is 175. The van der Waals surface area contributed by atoms with Gasteiger partial charge >= 0.3 is 0 Å². The molecule has 96 valence electrons. The molecule has 1 aliphatic heterocycles. The first-order chi connectivity index (χ1) is 7.77. The average Bonchev–Trinajstić information content (AvgIpc) is 2.70. The van der Waals surface area contributed by atoms with E-state index in [1.165, 1.54) is 6.42 Å². The first-order valence-corrected chi connectivity index (χ1v) is 6.70. The fraction of sp³-hybridized carbons (Fsp3) is 1.00. The molecule has 0 aromatic carbocycles. The molecule has 1 saturated heterocycles. The second kappa shape index (κ2) is 8.04. The van der Waals surface area contributed by atoms with Gasteiger partial charge in [0.2, 0.25) is 0 Å². The lowest BCUT2D eigenvalue weighted by atomic mass is 9.97. The molecule has 0 aromatic heterocycles. The summed E-state index contributed by atoms with van der Waals surface area (Å²) in [6.07, 6.45) is 3.85. The van der Waals surface area contributed by atoms with Crippen molar-refractivity contribution in [1.29, 1.82) is 0 Å². The maximum atomic E-state index is 5.67. The highest BCUT2D eigenvalue weighted by Gasteiger charge is 2.29. The summed E-state index contributed by atoms with van der Waals surface area (Å²) in [7, 11) is 0. The van der Waals surface area contributed by atoms with Crippen LogP contribution in [0.15, 0.2) is 0 Å². The van der Waals surface area contributed by atoms with Crippen LogP contribution in [-0.2, 0) is 9.47 Å². The van der Waals surface area contributed by atoms with Gasteiger partial charge in [-0.25, -0.2) is 0 Å². The van der Waals surface area contributed by atoms with Crippen LogP contribution < -0.4 is 5.32 Å². The third kappa shape index (κ3) is 4.81. The molecule has 1 fully saturated rings. The van der Waals surface area contributed by atoms with Gasteiger partial charge < -0.3 is 14.8 Å². The molecule has 3 nitrogen and oxygen atoms in total. The van der Waals surface area contributed by atoms with Gasteiger partial charge in [-0.1, -0.05) is 13.8 Å². The van der Waals surface area contributed by atoms with E-state index < -0.39 is 0 Å². The molecule has 0 aliphatic carbocycles. The van der Waals surface area contributed by atoms with E-state index in [-0.39, 0.29) is 0 Å². The number of hydrogen-bond donors (Lipinski definition) is 1. The van der Waals surface area contributed by atoms with E-state index in [0.717, 1.165) is 39.2 Å². The number of hydrogen-bond acceptors (Lipinski definition) is 3. The summed E-state index contributed by atoms with van der Waals surface area (Å²) in [6.45, 7) is 10.2. The van der Waals surface area contributed by atoms with Crippen LogP contribution >= 0.6 is 0 Å². The minimum absolute atomic E-state index is 0.419. The Morgan fingerprint density at radius 1 is 1.38 bits per heavy atom. The first kappa shape index (κ1) is 13.9. The van der Waals surface area contributed by atoms with E-state index in [9.17, 15) is 0 Å². The summed E-state index contributed by atoms with van der Waals surface area (Å²) >= 11 is 0. The van der Waals surface area contributed by atoms with Crippen LogP contribution in [0.3, 0.4) is 0 Å². The molecule has 1 heterocycles. The van der Waals surface area contributed by atoms with Crippen molar-refractivity contribution in [2.24, 2.45) is 5.92 Å². The molecule has 0 amide bonds. The van der Waals surface area contributed by atoms with Crippen LogP contribution in [0.4, 0.5) is 0 Å². The van der Waals surface area contributed by atoms with Crippen molar-refractivity contribution >= 4 is 0 Å². The highest BCUT2D eigenvalue weighted by molar-refractivity contribution is 4.82. The van der Waals surface area contributed by atoms with Gasteiger partial charge in [-0.15, -0.1) is 0 Å². The van der Waals surface area contributed by atoms with Crippen LogP contribution in [-0.4, -0.2) is 38.5 Å². The topological polar surface area (TPSA) is 30.5 Å². The fourth-order valence-corrected chi connectivity index (χ4v) is 2.18. The van der Waals surface area contributed by atoms with Crippen molar-refractivity contribution in [1.82, 2.24) is 5.32 Å². The highest BCUT2D eigenvalue weighted by atomic mass is 16.5. The lowest BCUT2D eigenvalue weighted by Crippen LogP contribution is -2.41. The molecule has 0 spiro atoms. The normalized spacial score (nSPS) is 27.2. The van der Waals surface area contributed by atoms with E-state index in [4.69, 9.17) is 9.47 Å². The van der Waals surface area contributed by atoms with Crippen molar-refractivity contribution in [3.05, 3.63) is 0 Å². The Kier molecular flexibility index (Phi) is 7.01. The molecule has 3 atom stereocenters. The van der Waals surface area contributed by atoms with E-state index in [0.29, 0.717) is 18.1 Å². The third-order valence-corrected chi connectivity index (χ3v) is 3.10. The predicted octanol–water partition coefficient (Wildman–Crippen LogP) is 2.21. The SMILES string of the molecule is CCCNC(COCCC)C1COC(C)C1. The fourth-order valence-electron chi connectivity index (χ4n) is 2.18.